The van der Waals surface area contributed by atoms with Crippen molar-refractivity contribution in [3.05, 3.63) is 0 Å². The van der Waals surface area contributed by atoms with Gasteiger partial charge in [0.15, 0.2) is 0 Å². The smallest absolute Gasteiger partial charge is 0.00979 e. The van der Waals surface area contributed by atoms with Gasteiger partial charge in [-0.1, -0.05) is 12.8 Å². The van der Waals surface area contributed by atoms with E-state index in [0.29, 0.717) is 0 Å². The largest absolute Gasteiger partial charge is 0.314 e. The summed E-state index contributed by atoms with van der Waals surface area (Å²) >= 11 is 0. The maximum Gasteiger partial charge on any atom is 0.00979 e. The Morgan fingerprint density at radius 2 is 1.94 bits per heavy atom. The van der Waals surface area contributed by atoms with Gasteiger partial charge in [0.1, 0.15) is 0 Å². The minimum Gasteiger partial charge on any atom is -0.314 e. The molecule has 0 aromatic carbocycles. The number of piperidine rings is 1. The summed E-state index contributed by atoms with van der Waals surface area (Å²) in [5, 5.41) is 3.66. The van der Waals surface area contributed by atoms with Gasteiger partial charge in [0.25, 0.3) is 0 Å². The molecule has 1 aliphatic carbocycles. The van der Waals surface area contributed by atoms with Crippen molar-refractivity contribution in [2.45, 2.75) is 76.9 Å². The molecule has 16 heavy (non-hydrogen) atoms. The summed E-state index contributed by atoms with van der Waals surface area (Å²) in [5.41, 5.74) is 0. The van der Waals surface area contributed by atoms with Crippen LogP contribution in [-0.2, 0) is 0 Å². The lowest BCUT2D eigenvalue weighted by Crippen LogP contribution is -2.47. The number of nitrogens with one attached hydrogen (secondary N) is 1. The Bertz CT molecular complexity index is 193. The molecule has 1 atom stereocenters. The first-order valence-electron chi connectivity index (χ1n) is 7.26. The lowest BCUT2D eigenvalue weighted by Gasteiger charge is -2.41. The highest BCUT2D eigenvalue weighted by Gasteiger charge is 2.27. The monoisotopic (exact) mass is 224 g/mol. The van der Waals surface area contributed by atoms with Crippen LogP contribution in [0, 0.1) is 0 Å². The fraction of sp³-hybridized carbons (Fsp3) is 1.00. The van der Waals surface area contributed by atoms with Crippen LogP contribution >= 0.6 is 0 Å². The number of nitrogens with zero attached hydrogens (tertiary/aromatic N) is 1. The van der Waals surface area contributed by atoms with E-state index in [0.717, 1.165) is 18.1 Å². The van der Waals surface area contributed by atoms with Crippen molar-refractivity contribution in [3.63, 3.8) is 0 Å². The van der Waals surface area contributed by atoms with E-state index >= 15 is 0 Å². The van der Waals surface area contributed by atoms with Crippen molar-refractivity contribution >= 4 is 0 Å². The van der Waals surface area contributed by atoms with Crippen LogP contribution in [0.4, 0.5) is 0 Å². The fourth-order valence-corrected chi connectivity index (χ4v) is 3.06. The van der Waals surface area contributed by atoms with E-state index in [-0.39, 0.29) is 0 Å². The predicted octanol–water partition coefficient (Wildman–Crippen LogP) is 2.78. The molecule has 2 aliphatic rings. The molecule has 1 N–H and O–H groups in total. The van der Waals surface area contributed by atoms with E-state index in [1.165, 1.54) is 58.0 Å². The van der Waals surface area contributed by atoms with Gasteiger partial charge in [-0.2, -0.15) is 0 Å². The van der Waals surface area contributed by atoms with Crippen molar-refractivity contribution in [3.8, 4) is 0 Å². The van der Waals surface area contributed by atoms with Crippen LogP contribution in [0.15, 0.2) is 0 Å². The predicted molar refractivity (Wildman–Crippen MR) is 69.7 cm³/mol. The van der Waals surface area contributed by atoms with Crippen LogP contribution < -0.4 is 5.32 Å². The number of hydrogen-bond acceptors (Lipinski definition) is 2. The van der Waals surface area contributed by atoms with Gasteiger partial charge >= 0.3 is 0 Å². The molecule has 2 heteroatoms. The SMILES string of the molecule is CC(C)N(CCC1CCCCN1)C1CCC1. The molecule has 1 heterocycles. The van der Waals surface area contributed by atoms with Crippen molar-refractivity contribution in [2.24, 2.45) is 0 Å². The summed E-state index contributed by atoms with van der Waals surface area (Å²) in [6.07, 6.45) is 9.91. The minimum atomic E-state index is 0.730. The highest BCUT2D eigenvalue weighted by Crippen LogP contribution is 2.27. The highest BCUT2D eigenvalue weighted by molar-refractivity contribution is 4.83. The molecule has 1 unspecified atom stereocenters. The summed E-state index contributed by atoms with van der Waals surface area (Å²) in [6, 6.07) is 2.44. The molecule has 1 saturated heterocycles. The van der Waals surface area contributed by atoms with Crippen LogP contribution in [0.1, 0.15) is 58.8 Å². The minimum absolute atomic E-state index is 0.730. The zero-order valence-electron chi connectivity index (χ0n) is 11.0. The van der Waals surface area contributed by atoms with E-state index in [9.17, 15) is 0 Å². The van der Waals surface area contributed by atoms with Crippen LogP contribution in [0.3, 0.4) is 0 Å². The van der Waals surface area contributed by atoms with E-state index < -0.39 is 0 Å². The van der Waals surface area contributed by atoms with Crippen molar-refractivity contribution in [1.29, 1.82) is 0 Å². The summed E-state index contributed by atoms with van der Waals surface area (Å²) in [4.78, 5) is 2.74. The van der Waals surface area contributed by atoms with Crippen molar-refractivity contribution < 1.29 is 0 Å². The zero-order chi connectivity index (χ0) is 11.4. The second-order valence-corrected chi connectivity index (χ2v) is 5.85. The van der Waals surface area contributed by atoms with Gasteiger partial charge < -0.3 is 5.32 Å². The third-order valence-corrected chi connectivity index (χ3v) is 4.36. The Morgan fingerprint density at radius 1 is 1.12 bits per heavy atom. The Balaban J connectivity index is 1.72. The van der Waals surface area contributed by atoms with Crippen molar-refractivity contribution in [1.82, 2.24) is 10.2 Å². The van der Waals surface area contributed by atoms with Gasteiger partial charge in [-0.15, -0.1) is 0 Å². The Morgan fingerprint density at radius 3 is 2.44 bits per heavy atom. The highest BCUT2D eigenvalue weighted by atomic mass is 15.2. The number of rotatable bonds is 5. The second kappa shape index (κ2) is 6.02. The normalized spacial score (nSPS) is 27.4. The molecule has 1 saturated carbocycles. The lowest BCUT2D eigenvalue weighted by atomic mass is 9.90. The van der Waals surface area contributed by atoms with Gasteiger partial charge in [0.05, 0.1) is 0 Å². The third-order valence-electron chi connectivity index (χ3n) is 4.36. The molecular formula is C14H28N2. The van der Waals surface area contributed by atoms with Crippen molar-refractivity contribution in [2.75, 3.05) is 13.1 Å². The molecule has 0 spiro atoms. The first-order chi connectivity index (χ1) is 7.77. The molecule has 0 amide bonds. The molecule has 0 bridgehead atoms. The molecule has 2 nitrogen and oxygen atoms in total. The van der Waals surface area contributed by atoms with E-state index in [1.807, 2.05) is 0 Å². The third kappa shape index (κ3) is 3.21. The standard InChI is InChI=1S/C14H28N2/c1-12(2)16(14-7-5-8-14)11-9-13-6-3-4-10-15-13/h12-15H,3-11H2,1-2H3. The molecule has 2 rings (SSSR count). The Hall–Kier alpha value is -0.0800. The van der Waals surface area contributed by atoms with E-state index in [2.05, 4.69) is 24.1 Å². The molecule has 1 aliphatic heterocycles. The molecule has 0 radical (unpaired) electrons. The summed E-state index contributed by atoms with van der Waals surface area (Å²) < 4.78 is 0. The van der Waals surface area contributed by atoms with Crippen LogP contribution in [0.2, 0.25) is 0 Å². The maximum atomic E-state index is 3.66. The summed E-state index contributed by atoms with van der Waals surface area (Å²) in [7, 11) is 0. The van der Waals surface area contributed by atoms with Gasteiger partial charge in [-0.3, -0.25) is 4.90 Å². The first kappa shape index (κ1) is 12.4. The zero-order valence-corrected chi connectivity index (χ0v) is 11.0. The molecule has 0 aromatic rings. The summed E-state index contributed by atoms with van der Waals surface area (Å²) in [5.74, 6) is 0. The lowest BCUT2D eigenvalue weighted by molar-refractivity contribution is 0.0882. The average Bonchev–Trinajstić information content (AvgIpc) is 2.22. The molecular weight excluding hydrogens is 196 g/mol. The van der Waals surface area contributed by atoms with E-state index in [1.54, 1.807) is 0 Å². The average molecular weight is 224 g/mol. The fourth-order valence-electron chi connectivity index (χ4n) is 3.06. The number of hydrogen-bond donors (Lipinski definition) is 1. The van der Waals surface area contributed by atoms with Gasteiger partial charge in [0, 0.05) is 24.7 Å². The summed E-state index contributed by atoms with van der Waals surface area (Å²) in [6.45, 7) is 7.26. The molecule has 94 valence electrons. The topological polar surface area (TPSA) is 15.3 Å². The maximum absolute atomic E-state index is 3.66. The Kier molecular flexibility index (Phi) is 4.66. The molecule has 2 fully saturated rings. The van der Waals surface area contributed by atoms with Crippen LogP contribution in [0.25, 0.3) is 0 Å². The molecule has 0 aromatic heterocycles. The van der Waals surface area contributed by atoms with Crippen LogP contribution in [0.5, 0.6) is 0 Å². The Labute approximate surface area is 101 Å². The first-order valence-corrected chi connectivity index (χ1v) is 7.26. The second-order valence-electron chi connectivity index (χ2n) is 5.85. The van der Waals surface area contributed by atoms with Gasteiger partial charge in [-0.05, 0) is 52.5 Å². The quantitative estimate of drug-likeness (QED) is 0.772. The van der Waals surface area contributed by atoms with Crippen LogP contribution in [-0.4, -0.2) is 36.1 Å². The van der Waals surface area contributed by atoms with E-state index in [4.69, 9.17) is 0 Å². The van der Waals surface area contributed by atoms with Gasteiger partial charge in [0.2, 0.25) is 0 Å². The van der Waals surface area contributed by atoms with Gasteiger partial charge in [-0.25, -0.2) is 0 Å².